The molecular formula is C36H59F3N3+. The molecule has 42 heavy (non-hydrogen) atoms. The predicted octanol–water partition coefficient (Wildman–Crippen LogP) is 10.1. The first kappa shape index (κ1) is 36.2. The van der Waals surface area contributed by atoms with Gasteiger partial charge in [-0.1, -0.05) is 102 Å². The number of halogens is 3. The summed E-state index contributed by atoms with van der Waals surface area (Å²) in [5, 5.41) is 4.79. The molecule has 0 spiro atoms. The molecule has 0 fully saturated rings. The van der Waals surface area contributed by atoms with E-state index in [0.29, 0.717) is 12.8 Å². The van der Waals surface area contributed by atoms with Crippen LogP contribution >= 0.6 is 0 Å². The van der Waals surface area contributed by atoms with E-state index >= 15 is 0 Å². The van der Waals surface area contributed by atoms with Crippen LogP contribution in [0.15, 0.2) is 0 Å². The first-order chi connectivity index (χ1) is 19.2. The van der Waals surface area contributed by atoms with Crippen molar-refractivity contribution in [3.8, 4) is 0 Å². The molecule has 3 nitrogen and oxygen atoms in total. The molecule has 0 saturated heterocycles. The molecule has 1 atom stereocenters. The molecule has 2 heterocycles. The van der Waals surface area contributed by atoms with E-state index in [0.717, 1.165) is 58.9 Å². The van der Waals surface area contributed by atoms with Crippen LogP contribution in [0, 0.1) is 0 Å². The monoisotopic (exact) mass is 590 g/mol. The molecule has 0 N–H and O–H groups in total. The summed E-state index contributed by atoms with van der Waals surface area (Å²) in [6, 6.07) is 0. The Kier molecular flexibility index (Phi) is 11.2. The maximum atomic E-state index is 14.7. The largest absolute Gasteiger partial charge is 0.274 e. The zero-order valence-electron chi connectivity index (χ0n) is 29.4. The Balaban J connectivity index is 0.000000282. The van der Waals surface area contributed by atoms with Crippen LogP contribution in [0.3, 0.4) is 0 Å². The number of alkyl halides is 3. The van der Waals surface area contributed by atoms with Crippen molar-refractivity contribution in [3.63, 3.8) is 0 Å². The Morgan fingerprint density at radius 3 is 1.83 bits per heavy atom. The highest BCUT2D eigenvalue weighted by Gasteiger charge is 2.47. The highest BCUT2D eigenvalue weighted by Crippen LogP contribution is 2.50. The molecule has 0 saturated carbocycles. The van der Waals surface area contributed by atoms with Crippen LogP contribution in [-0.4, -0.2) is 10.1 Å². The topological polar surface area (TPSA) is 29.7 Å². The van der Waals surface area contributed by atoms with Crippen LogP contribution in [0.2, 0.25) is 0 Å². The number of hydrogen-bond donors (Lipinski definition) is 0. The first-order valence-electron chi connectivity index (χ1n) is 16.2. The summed E-state index contributed by atoms with van der Waals surface area (Å²) < 4.78 is 45.6. The Labute approximate surface area is 255 Å². The number of pyridine rings is 1. The summed E-state index contributed by atoms with van der Waals surface area (Å²) in [6.45, 7) is 31.8. The molecule has 2 aromatic rings. The van der Waals surface area contributed by atoms with Gasteiger partial charge in [0.2, 0.25) is 5.69 Å². The third-order valence-corrected chi connectivity index (χ3v) is 8.15. The lowest BCUT2D eigenvalue weighted by Crippen LogP contribution is -2.45. The Bertz CT molecular complexity index is 1240. The van der Waals surface area contributed by atoms with Gasteiger partial charge in [0.05, 0.1) is 5.56 Å². The second kappa shape index (κ2) is 12.9. The van der Waals surface area contributed by atoms with Gasteiger partial charge in [0, 0.05) is 40.6 Å². The molecule has 0 aliphatic heterocycles. The zero-order valence-corrected chi connectivity index (χ0v) is 29.4. The van der Waals surface area contributed by atoms with Gasteiger partial charge in [-0.15, -0.1) is 0 Å². The number of rotatable bonds is 3. The third-order valence-electron chi connectivity index (χ3n) is 8.15. The minimum Gasteiger partial charge on any atom is -0.256 e. The van der Waals surface area contributed by atoms with Crippen LogP contribution < -0.4 is 4.68 Å². The predicted molar refractivity (Wildman–Crippen MR) is 170 cm³/mol. The first-order valence-corrected chi connectivity index (χ1v) is 16.2. The number of nitrogens with zero attached hydrogens (tertiary/aromatic N) is 3. The SMILES string of the molecule is CC.CC(C)c1nc(C(C)(C)C)c2c(c1C(C)(C)C)C(F)(F)CC2.CCc1c2c(c(C(C)(C)C)n[n+]1CC)CCC2F. The van der Waals surface area contributed by atoms with E-state index in [4.69, 9.17) is 10.1 Å². The summed E-state index contributed by atoms with van der Waals surface area (Å²) in [4.78, 5) is 4.91. The number of fused-ring (bicyclic) bond motifs is 2. The lowest BCUT2D eigenvalue weighted by atomic mass is 9.76. The molecule has 0 bridgehead atoms. The fourth-order valence-electron chi connectivity index (χ4n) is 6.45. The van der Waals surface area contributed by atoms with Gasteiger partial charge in [-0.25, -0.2) is 13.2 Å². The van der Waals surface area contributed by atoms with Gasteiger partial charge in [-0.3, -0.25) is 4.98 Å². The highest BCUT2D eigenvalue weighted by molar-refractivity contribution is 5.52. The minimum absolute atomic E-state index is 0.0165. The van der Waals surface area contributed by atoms with E-state index in [-0.39, 0.29) is 34.1 Å². The molecular weight excluding hydrogens is 531 g/mol. The van der Waals surface area contributed by atoms with Crippen LogP contribution in [0.1, 0.15) is 179 Å². The van der Waals surface area contributed by atoms with Gasteiger partial charge < -0.3 is 0 Å². The molecule has 1 unspecified atom stereocenters. The standard InChI is InChI=1S/C19H29F2N.C15H24FN2.C2H6/c1-11(2)15-14(17(3,4)5)13-12(9-10-19(13,20)21)16(22-15)18(6,7)8;1-6-12-13-10(8-9-11(13)16)14(15(3,4)5)17-18(12)7-2;1-2/h11H,9-10H2,1-8H3;11H,6-9H2,1-5H3;1-2H3/q;+1;. The molecule has 0 amide bonds. The second-order valence-corrected chi connectivity index (χ2v) is 15.0. The molecule has 2 aliphatic rings. The van der Waals surface area contributed by atoms with Crippen LogP contribution in [0.5, 0.6) is 0 Å². The summed E-state index contributed by atoms with van der Waals surface area (Å²) in [5.41, 5.74) is 7.28. The Hall–Kier alpha value is -1.98. The molecule has 4 rings (SSSR count). The quantitative estimate of drug-likeness (QED) is 0.333. The zero-order chi connectivity index (χ0) is 32.6. The second-order valence-electron chi connectivity index (χ2n) is 15.0. The molecule has 0 radical (unpaired) electrons. The molecule has 238 valence electrons. The Morgan fingerprint density at radius 2 is 1.40 bits per heavy atom. The van der Waals surface area contributed by atoms with Crippen molar-refractivity contribution >= 4 is 0 Å². The van der Waals surface area contributed by atoms with Crippen molar-refractivity contribution in [1.82, 2.24) is 10.1 Å². The normalized spacial score (nSPS) is 17.7. The van der Waals surface area contributed by atoms with E-state index in [9.17, 15) is 13.2 Å². The summed E-state index contributed by atoms with van der Waals surface area (Å²) in [6.07, 6.45) is 1.88. The van der Waals surface area contributed by atoms with Crippen molar-refractivity contribution in [1.29, 1.82) is 0 Å². The molecule has 6 heteroatoms. The van der Waals surface area contributed by atoms with E-state index in [1.807, 2.05) is 53.1 Å². The van der Waals surface area contributed by atoms with Gasteiger partial charge in [-0.2, -0.15) is 0 Å². The maximum absolute atomic E-state index is 14.7. The smallest absolute Gasteiger partial charge is 0.256 e. The van der Waals surface area contributed by atoms with Gasteiger partial charge in [0.1, 0.15) is 11.9 Å². The van der Waals surface area contributed by atoms with Gasteiger partial charge in [0.25, 0.3) is 5.92 Å². The highest BCUT2D eigenvalue weighted by atomic mass is 19.3. The lowest BCUT2D eigenvalue weighted by Gasteiger charge is -2.32. The van der Waals surface area contributed by atoms with E-state index in [1.54, 1.807) is 0 Å². The van der Waals surface area contributed by atoms with E-state index in [2.05, 4.69) is 55.4 Å². The third kappa shape index (κ3) is 7.21. The average molecular weight is 591 g/mol. The average Bonchev–Trinajstić information content (AvgIpc) is 3.41. The van der Waals surface area contributed by atoms with Gasteiger partial charge in [0.15, 0.2) is 6.54 Å². The number of aromatic nitrogens is 3. The fraction of sp³-hybridized carbons (Fsp3) is 0.750. The van der Waals surface area contributed by atoms with E-state index < -0.39 is 12.1 Å². The van der Waals surface area contributed by atoms with Crippen molar-refractivity contribution < 1.29 is 17.9 Å². The minimum atomic E-state index is -2.73. The van der Waals surface area contributed by atoms with Gasteiger partial charge in [-0.05, 0) is 59.3 Å². The summed E-state index contributed by atoms with van der Waals surface area (Å²) in [5.74, 6) is -2.60. The fourth-order valence-corrected chi connectivity index (χ4v) is 6.45. The number of aryl methyl sites for hydroxylation is 1. The lowest BCUT2D eigenvalue weighted by molar-refractivity contribution is -0.758. The van der Waals surface area contributed by atoms with Crippen molar-refractivity contribution in [2.75, 3.05) is 0 Å². The summed E-state index contributed by atoms with van der Waals surface area (Å²) in [7, 11) is 0. The molecule has 2 aliphatic carbocycles. The van der Waals surface area contributed by atoms with Crippen LogP contribution in [-0.2, 0) is 48.0 Å². The van der Waals surface area contributed by atoms with Crippen molar-refractivity contribution in [2.45, 2.75) is 177 Å². The van der Waals surface area contributed by atoms with Crippen LogP contribution in [0.25, 0.3) is 0 Å². The van der Waals surface area contributed by atoms with E-state index in [1.165, 1.54) is 5.56 Å². The Morgan fingerprint density at radius 1 is 0.857 bits per heavy atom. The van der Waals surface area contributed by atoms with Crippen LogP contribution in [0.4, 0.5) is 13.2 Å². The number of hydrogen-bond acceptors (Lipinski definition) is 2. The molecule has 0 aromatic carbocycles. The maximum Gasteiger partial charge on any atom is 0.274 e. The molecule has 2 aromatic heterocycles. The summed E-state index contributed by atoms with van der Waals surface area (Å²) >= 11 is 0. The van der Waals surface area contributed by atoms with Crippen molar-refractivity contribution in [3.05, 3.63) is 50.6 Å². The van der Waals surface area contributed by atoms with Crippen molar-refractivity contribution in [2.24, 2.45) is 0 Å². The van der Waals surface area contributed by atoms with Gasteiger partial charge >= 0.3 is 0 Å².